The summed E-state index contributed by atoms with van der Waals surface area (Å²) in [5, 5.41) is 6.19. The van der Waals surface area contributed by atoms with E-state index in [0.29, 0.717) is 38.1 Å². The Kier molecular flexibility index (Phi) is 4.56. The zero-order chi connectivity index (χ0) is 18.1. The summed E-state index contributed by atoms with van der Waals surface area (Å²) in [6.07, 6.45) is 3.53. The molecule has 3 fully saturated rings. The first kappa shape index (κ1) is 17.3. The lowest BCUT2D eigenvalue weighted by atomic mass is 9.68. The van der Waals surface area contributed by atoms with Crippen LogP contribution in [-0.2, 0) is 9.53 Å². The molecule has 0 bridgehead atoms. The van der Waals surface area contributed by atoms with Crippen LogP contribution in [0.4, 0.5) is 9.18 Å². The van der Waals surface area contributed by atoms with Crippen LogP contribution in [0.3, 0.4) is 0 Å². The lowest BCUT2D eigenvalue weighted by Crippen LogP contribution is -2.69. The van der Waals surface area contributed by atoms with E-state index in [0.717, 1.165) is 19.3 Å². The second-order valence-corrected chi connectivity index (χ2v) is 7.43. The summed E-state index contributed by atoms with van der Waals surface area (Å²) in [5.41, 5.74) is 0.202. The van der Waals surface area contributed by atoms with E-state index in [4.69, 9.17) is 4.74 Å². The predicted molar refractivity (Wildman–Crippen MR) is 92.9 cm³/mol. The summed E-state index contributed by atoms with van der Waals surface area (Å²) in [6, 6.07) is 6.30. The summed E-state index contributed by atoms with van der Waals surface area (Å²) in [5.74, 6) is -0.246. The number of urea groups is 1. The topological polar surface area (TPSA) is 70.7 Å². The predicted octanol–water partition coefficient (Wildman–Crippen LogP) is 2.11. The Bertz CT molecular complexity index is 707. The van der Waals surface area contributed by atoms with Gasteiger partial charge in [-0.3, -0.25) is 4.79 Å². The molecule has 1 aromatic rings. The molecule has 1 spiro atoms. The summed E-state index contributed by atoms with van der Waals surface area (Å²) in [6.45, 7) is 1.17. The van der Waals surface area contributed by atoms with E-state index in [1.165, 1.54) is 6.07 Å². The van der Waals surface area contributed by atoms with Crippen LogP contribution in [-0.4, -0.2) is 48.1 Å². The smallest absolute Gasteiger partial charge is 0.317 e. The highest BCUT2D eigenvalue weighted by Crippen LogP contribution is 2.39. The van der Waals surface area contributed by atoms with Gasteiger partial charge in [-0.25, -0.2) is 9.18 Å². The molecule has 2 unspecified atom stereocenters. The van der Waals surface area contributed by atoms with Crippen molar-refractivity contribution in [3.8, 4) is 0 Å². The average molecular weight is 361 g/mol. The van der Waals surface area contributed by atoms with Gasteiger partial charge in [0, 0.05) is 18.5 Å². The van der Waals surface area contributed by atoms with Crippen LogP contribution >= 0.6 is 0 Å². The second kappa shape index (κ2) is 6.87. The van der Waals surface area contributed by atoms with E-state index in [1.54, 1.807) is 23.1 Å². The maximum absolute atomic E-state index is 14.0. The molecule has 6 nitrogen and oxygen atoms in total. The van der Waals surface area contributed by atoms with E-state index in [-0.39, 0.29) is 29.3 Å². The van der Waals surface area contributed by atoms with E-state index in [9.17, 15) is 14.0 Å². The number of nitrogens with one attached hydrogen (secondary N) is 2. The van der Waals surface area contributed by atoms with Crippen molar-refractivity contribution in [3.05, 3.63) is 35.6 Å². The summed E-state index contributed by atoms with van der Waals surface area (Å²) in [7, 11) is 0. The molecule has 7 heteroatoms. The highest BCUT2D eigenvalue weighted by Gasteiger charge is 2.48. The van der Waals surface area contributed by atoms with Crippen molar-refractivity contribution in [1.82, 2.24) is 15.5 Å². The fourth-order valence-electron chi connectivity index (χ4n) is 4.22. The number of rotatable bonds is 2. The third-order valence-electron chi connectivity index (χ3n) is 5.86. The zero-order valence-corrected chi connectivity index (χ0v) is 14.7. The number of halogens is 1. The van der Waals surface area contributed by atoms with Crippen LogP contribution in [0.1, 0.15) is 43.8 Å². The van der Waals surface area contributed by atoms with Crippen LogP contribution in [0.2, 0.25) is 0 Å². The minimum absolute atomic E-state index is 0.0452. The van der Waals surface area contributed by atoms with Gasteiger partial charge in [0.25, 0.3) is 0 Å². The van der Waals surface area contributed by atoms with E-state index in [1.807, 2.05) is 0 Å². The van der Waals surface area contributed by atoms with Crippen molar-refractivity contribution in [1.29, 1.82) is 0 Å². The molecule has 0 radical (unpaired) electrons. The molecule has 2 heterocycles. The zero-order valence-electron chi connectivity index (χ0n) is 14.7. The molecule has 2 atom stereocenters. The number of piperidine rings is 1. The highest BCUT2D eigenvalue weighted by atomic mass is 19.1. The van der Waals surface area contributed by atoms with Crippen LogP contribution < -0.4 is 10.6 Å². The second-order valence-electron chi connectivity index (χ2n) is 7.43. The summed E-state index contributed by atoms with van der Waals surface area (Å²) < 4.78 is 19.7. The van der Waals surface area contributed by atoms with Gasteiger partial charge in [-0.05, 0) is 31.7 Å². The Morgan fingerprint density at radius 3 is 2.88 bits per heavy atom. The standard InChI is InChI=1S/C19H24FN3O3/c20-14-5-2-1-4-13(14)15-12-23(10-11-26-15)18(25)21-16-6-7-17(24)22-19(16)8-3-9-19/h1-2,4-5,15-16H,3,6-12H2,(H,21,25)(H,22,24). The monoisotopic (exact) mass is 361 g/mol. The molecule has 140 valence electrons. The van der Waals surface area contributed by atoms with Crippen LogP contribution in [0.5, 0.6) is 0 Å². The Hall–Kier alpha value is -2.15. The van der Waals surface area contributed by atoms with Gasteiger partial charge in [0.15, 0.2) is 0 Å². The van der Waals surface area contributed by atoms with Gasteiger partial charge in [0.2, 0.25) is 5.91 Å². The van der Waals surface area contributed by atoms with Gasteiger partial charge < -0.3 is 20.3 Å². The molecule has 2 aliphatic heterocycles. The fourth-order valence-corrected chi connectivity index (χ4v) is 4.22. The number of amides is 3. The number of nitrogens with zero attached hydrogens (tertiary/aromatic N) is 1. The maximum atomic E-state index is 14.0. The normalized spacial score (nSPS) is 27.6. The Morgan fingerprint density at radius 2 is 2.15 bits per heavy atom. The summed E-state index contributed by atoms with van der Waals surface area (Å²) >= 11 is 0. The van der Waals surface area contributed by atoms with Crippen molar-refractivity contribution in [3.63, 3.8) is 0 Å². The lowest BCUT2D eigenvalue weighted by Gasteiger charge is -2.51. The molecular weight excluding hydrogens is 337 g/mol. The third-order valence-corrected chi connectivity index (χ3v) is 5.86. The molecule has 0 aromatic heterocycles. The molecule has 3 aliphatic rings. The molecule has 1 saturated carbocycles. The fraction of sp³-hybridized carbons (Fsp3) is 0.579. The van der Waals surface area contributed by atoms with Crippen molar-refractivity contribution in [2.75, 3.05) is 19.7 Å². The number of benzene rings is 1. The first-order valence-electron chi connectivity index (χ1n) is 9.30. The van der Waals surface area contributed by atoms with Gasteiger partial charge >= 0.3 is 6.03 Å². The largest absolute Gasteiger partial charge is 0.370 e. The minimum atomic E-state index is -0.459. The van der Waals surface area contributed by atoms with Gasteiger partial charge in [0.1, 0.15) is 11.9 Å². The van der Waals surface area contributed by atoms with Crippen molar-refractivity contribution in [2.24, 2.45) is 0 Å². The minimum Gasteiger partial charge on any atom is -0.370 e. The molecular formula is C19H24FN3O3. The van der Waals surface area contributed by atoms with E-state index in [2.05, 4.69) is 10.6 Å². The van der Waals surface area contributed by atoms with Gasteiger partial charge in [0.05, 0.1) is 24.7 Å². The van der Waals surface area contributed by atoms with Crippen molar-refractivity contribution < 1.29 is 18.7 Å². The quantitative estimate of drug-likeness (QED) is 0.848. The Balaban J connectivity index is 1.41. The first-order valence-corrected chi connectivity index (χ1v) is 9.30. The van der Waals surface area contributed by atoms with Crippen LogP contribution in [0.25, 0.3) is 0 Å². The van der Waals surface area contributed by atoms with Crippen LogP contribution in [0.15, 0.2) is 24.3 Å². The summed E-state index contributed by atoms with van der Waals surface area (Å²) in [4.78, 5) is 26.2. The van der Waals surface area contributed by atoms with E-state index >= 15 is 0 Å². The van der Waals surface area contributed by atoms with Crippen molar-refractivity contribution >= 4 is 11.9 Å². The third kappa shape index (κ3) is 3.16. The molecule has 1 aliphatic carbocycles. The number of hydrogen-bond acceptors (Lipinski definition) is 3. The number of carbonyl (C=O) groups is 2. The molecule has 4 rings (SSSR count). The number of morpholine rings is 1. The van der Waals surface area contributed by atoms with Gasteiger partial charge in [-0.1, -0.05) is 18.2 Å². The molecule has 2 N–H and O–H groups in total. The molecule has 26 heavy (non-hydrogen) atoms. The lowest BCUT2D eigenvalue weighted by molar-refractivity contribution is -0.127. The number of carbonyl (C=O) groups excluding carboxylic acids is 2. The highest BCUT2D eigenvalue weighted by molar-refractivity contribution is 5.80. The molecule has 3 amide bonds. The van der Waals surface area contributed by atoms with Gasteiger partial charge in [-0.2, -0.15) is 0 Å². The Morgan fingerprint density at radius 1 is 1.35 bits per heavy atom. The average Bonchev–Trinajstić information content (AvgIpc) is 2.62. The Labute approximate surface area is 152 Å². The SMILES string of the molecule is O=C1CCC(NC(=O)N2CCOC(c3ccccc3F)C2)C2(CCC2)N1. The van der Waals surface area contributed by atoms with Crippen LogP contribution in [0, 0.1) is 5.82 Å². The van der Waals surface area contributed by atoms with Gasteiger partial charge in [-0.15, -0.1) is 0 Å². The van der Waals surface area contributed by atoms with Crippen molar-refractivity contribution in [2.45, 2.75) is 49.8 Å². The first-order chi connectivity index (χ1) is 12.6. The number of hydrogen-bond donors (Lipinski definition) is 2. The maximum Gasteiger partial charge on any atom is 0.317 e. The van der Waals surface area contributed by atoms with E-state index < -0.39 is 6.10 Å². The molecule has 2 saturated heterocycles. The molecule has 1 aromatic carbocycles. The number of ether oxygens (including phenoxy) is 1.